The largest absolute Gasteiger partial charge is 0.398 e. The van der Waals surface area contributed by atoms with Crippen molar-refractivity contribution in [1.82, 2.24) is 4.90 Å². The van der Waals surface area contributed by atoms with E-state index in [1.165, 1.54) is 11.3 Å². The number of nitrogen functional groups attached to an aromatic ring is 1. The van der Waals surface area contributed by atoms with E-state index in [1.54, 1.807) is 11.0 Å². The number of aliphatic hydroxyl groups is 1. The van der Waals surface area contributed by atoms with Crippen LogP contribution < -0.4 is 5.73 Å². The molecule has 1 unspecified atom stereocenters. The van der Waals surface area contributed by atoms with Crippen molar-refractivity contribution in [2.24, 2.45) is 0 Å². The summed E-state index contributed by atoms with van der Waals surface area (Å²) in [5.74, 6) is -0.0721. The molecule has 1 aliphatic rings. The molecule has 1 aromatic heterocycles. The Balaban J connectivity index is 2.18. The normalized spacial score (nSPS) is 20.6. The van der Waals surface area contributed by atoms with Gasteiger partial charge in [0, 0.05) is 17.1 Å². The van der Waals surface area contributed by atoms with E-state index >= 15 is 0 Å². The first-order valence-corrected chi connectivity index (χ1v) is 6.30. The molecule has 94 valence electrons. The molecule has 1 saturated heterocycles. The summed E-state index contributed by atoms with van der Waals surface area (Å²) in [6.45, 7) is 3.23. The molecule has 0 bridgehead atoms. The Bertz CT molecular complexity index is 399. The summed E-state index contributed by atoms with van der Waals surface area (Å²) in [6, 6.07) is 1.45. The molecule has 5 nitrogen and oxygen atoms in total. The number of aryl methyl sites for hydroxylation is 1. The van der Waals surface area contributed by atoms with Crippen LogP contribution in [0.25, 0.3) is 0 Å². The number of thiophene rings is 1. The van der Waals surface area contributed by atoms with Crippen LogP contribution in [0.15, 0.2) is 6.07 Å². The van der Waals surface area contributed by atoms with Crippen LogP contribution in [-0.4, -0.2) is 48.3 Å². The van der Waals surface area contributed by atoms with Crippen molar-refractivity contribution in [2.45, 2.75) is 13.0 Å². The topological polar surface area (TPSA) is 75.8 Å². The third-order valence-electron chi connectivity index (χ3n) is 2.87. The smallest absolute Gasteiger partial charge is 0.264 e. The van der Waals surface area contributed by atoms with Crippen LogP contribution in [0, 0.1) is 6.92 Å². The Morgan fingerprint density at radius 1 is 1.76 bits per heavy atom. The maximum absolute atomic E-state index is 12.2. The molecule has 0 aliphatic carbocycles. The molecule has 3 N–H and O–H groups in total. The number of ether oxygens (including phenoxy) is 1. The molecule has 6 heteroatoms. The van der Waals surface area contributed by atoms with Gasteiger partial charge in [-0.2, -0.15) is 0 Å². The Morgan fingerprint density at radius 2 is 2.53 bits per heavy atom. The average Bonchev–Trinajstić information content (AvgIpc) is 2.68. The van der Waals surface area contributed by atoms with Gasteiger partial charge < -0.3 is 20.5 Å². The molecule has 0 saturated carbocycles. The van der Waals surface area contributed by atoms with E-state index in [1.807, 2.05) is 6.92 Å². The predicted octanol–water partition coefficient (Wildman–Crippen LogP) is 0.472. The molecule has 0 spiro atoms. The molecular formula is C11H16N2O3S. The molecular weight excluding hydrogens is 240 g/mol. The SMILES string of the molecule is Cc1sc(C(=O)N2CCOCC2CO)cc1N. The van der Waals surface area contributed by atoms with Crippen molar-refractivity contribution in [3.8, 4) is 0 Å². The molecule has 1 aliphatic heterocycles. The fraction of sp³-hybridized carbons (Fsp3) is 0.545. The van der Waals surface area contributed by atoms with Gasteiger partial charge in [-0.1, -0.05) is 0 Å². The van der Waals surface area contributed by atoms with E-state index in [4.69, 9.17) is 10.5 Å². The number of rotatable bonds is 2. The molecule has 1 aromatic rings. The number of nitrogens with two attached hydrogens (primary N) is 1. The maximum Gasteiger partial charge on any atom is 0.264 e. The lowest BCUT2D eigenvalue weighted by Gasteiger charge is -2.34. The molecule has 1 amide bonds. The third kappa shape index (κ3) is 2.43. The van der Waals surface area contributed by atoms with Gasteiger partial charge in [-0.25, -0.2) is 0 Å². The Hall–Kier alpha value is -1.11. The minimum absolute atomic E-state index is 0.0721. The van der Waals surface area contributed by atoms with Gasteiger partial charge in [0.15, 0.2) is 0 Å². The van der Waals surface area contributed by atoms with Crippen molar-refractivity contribution in [3.05, 3.63) is 15.8 Å². The Morgan fingerprint density at radius 3 is 3.12 bits per heavy atom. The number of hydrogen-bond acceptors (Lipinski definition) is 5. The lowest BCUT2D eigenvalue weighted by atomic mass is 10.2. The highest BCUT2D eigenvalue weighted by atomic mass is 32.1. The van der Waals surface area contributed by atoms with E-state index in [0.717, 1.165) is 4.88 Å². The number of nitrogens with zero attached hydrogens (tertiary/aromatic N) is 1. The summed E-state index contributed by atoms with van der Waals surface area (Å²) in [5.41, 5.74) is 6.39. The fourth-order valence-electron chi connectivity index (χ4n) is 1.82. The molecule has 2 heterocycles. The first kappa shape index (κ1) is 12.3. The second-order valence-corrected chi connectivity index (χ2v) is 5.29. The van der Waals surface area contributed by atoms with Crippen molar-refractivity contribution < 1.29 is 14.6 Å². The highest BCUT2D eigenvalue weighted by molar-refractivity contribution is 7.14. The highest BCUT2D eigenvalue weighted by Crippen LogP contribution is 2.25. The van der Waals surface area contributed by atoms with E-state index in [0.29, 0.717) is 30.3 Å². The Kier molecular flexibility index (Phi) is 3.66. The molecule has 1 fully saturated rings. The number of amides is 1. The van der Waals surface area contributed by atoms with Crippen LogP contribution in [0.4, 0.5) is 5.69 Å². The molecule has 17 heavy (non-hydrogen) atoms. The maximum atomic E-state index is 12.2. The van der Waals surface area contributed by atoms with Crippen molar-refractivity contribution in [1.29, 1.82) is 0 Å². The standard InChI is InChI=1S/C11H16N2O3S/c1-7-9(12)4-10(17-7)11(15)13-2-3-16-6-8(13)5-14/h4,8,14H,2-3,5-6,12H2,1H3. The zero-order valence-corrected chi connectivity index (χ0v) is 10.5. The lowest BCUT2D eigenvalue weighted by Crippen LogP contribution is -2.50. The molecule has 2 rings (SSSR count). The zero-order chi connectivity index (χ0) is 12.4. The first-order valence-electron chi connectivity index (χ1n) is 5.49. The third-order valence-corrected chi connectivity index (χ3v) is 3.92. The summed E-state index contributed by atoms with van der Waals surface area (Å²) < 4.78 is 5.24. The van der Waals surface area contributed by atoms with Gasteiger partial charge in [0.05, 0.1) is 30.7 Å². The molecule has 0 aromatic carbocycles. The van der Waals surface area contributed by atoms with Gasteiger partial charge >= 0.3 is 0 Å². The van der Waals surface area contributed by atoms with Gasteiger partial charge in [0.25, 0.3) is 5.91 Å². The number of anilines is 1. The first-order chi connectivity index (χ1) is 8.13. The minimum Gasteiger partial charge on any atom is -0.398 e. The summed E-state index contributed by atoms with van der Waals surface area (Å²) in [7, 11) is 0. The zero-order valence-electron chi connectivity index (χ0n) is 9.68. The van der Waals surface area contributed by atoms with Crippen molar-refractivity contribution in [3.63, 3.8) is 0 Å². The number of hydrogen-bond donors (Lipinski definition) is 2. The minimum atomic E-state index is -0.250. The van der Waals surface area contributed by atoms with E-state index < -0.39 is 0 Å². The van der Waals surface area contributed by atoms with Gasteiger partial charge in [0.1, 0.15) is 0 Å². The Labute approximate surface area is 104 Å². The van der Waals surface area contributed by atoms with E-state index in [2.05, 4.69) is 0 Å². The average molecular weight is 256 g/mol. The van der Waals surface area contributed by atoms with Crippen LogP contribution >= 0.6 is 11.3 Å². The number of aliphatic hydroxyl groups excluding tert-OH is 1. The number of carbonyl (C=O) groups excluding carboxylic acids is 1. The molecule has 1 atom stereocenters. The predicted molar refractivity (Wildman–Crippen MR) is 66.2 cm³/mol. The van der Waals surface area contributed by atoms with Crippen LogP contribution in [0.1, 0.15) is 14.5 Å². The summed E-state index contributed by atoms with van der Waals surface area (Å²) in [4.78, 5) is 15.5. The highest BCUT2D eigenvalue weighted by Gasteiger charge is 2.28. The van der Waals surface area contributed by atoms with Crippen LogP contribution in [0.5, 0.6) is 0 Å². The quantitative estimate of drug-likeness (QED) is 0.806. The van der Waals surface area contributed by atoms with Crippen LogP contribution in [0.3, 0.4) is 0 Å². The van der Waals surface area contributed by atoms with Crippen LogP contribution in [0.2, 0.25) is 0 Å². The van der Waals surface area contributed by atoms with Crippen molar-refractivity contribution in [2.75, 3.05) is 32.1 Å². The fourth-order valence-corrected chi connectivity index (χ4v) is 2.71. The summed E-state index contributed by atoms with van der Waals surface area (Å²) in [5, 5.41) is 9.22. The monoisotopic (exact) mass is 256 g/mol. The van der Waals surface area contributed by atoms with Gasteiger partial charge in [0.2, 0.25) is 0 Å². The van der Waals surface area contributed by atoms with E-state index in [-0.39, 0.29) is 18.6 Å². The van der Waals surface area contributed by atoms with Gasteiger partial charge in [-0.05, 0) is 13.0 Å². The number of morpholine rings is 1. The van der Waals surface area contributed by atoms with Crippen LogP contribution in [-0.2, 0) is 4.74 Å². The molecule has 0 radical (unpaired) electrons. The second kappa shape index (κ2) is 5.03. The van der Waals surface area contributed by atoms with E-state index in [9.17, 15) is 9.90 Å². The lowest BCUT2D eigenvalue weighted by molar-refractivity contribution is -0.0181. The van der Waals surface area contributed by atoms with Gasteiger partial charge in [-0.3, -0.25) is 4.79 Å². The van der Waals surface area contributed by atoms with Gasteiger partial charge in [-0.15, -0.1) is 11.3 Å². The second-order valence-electron chi connectivity index (χ2n) is 4.03. The summed E-state index contributed by atoms with van der Waals surface area (Å²) in [6.07, 6.45) is 0. The number of carbonyl (C=O) groups is 1. The summed E-state index contributed by atoms with van der Waals surface area (Å²) >= 11 is 1.39. The van der Waals surface area contributed by atoms with Crippen molar-refractivity contribution >= 4 is 22.9 Å².